The van der Waals surface area contributed by atoms with Gasteiger partial charge in [0.05, 0.1) is 0 Å². The molecule has 7 nitrogen and oxygen atoms in total. The molecule has 136 valence electrons. The first kappa shape index (κ1) is 16.5. The fraction of sp³-hybridized carbons (Fsp3) is 0.368. The van der Waals surface area contributed by atoms with Crippen LogP contribution in [0.2, 0.25) is 0 Å². The van der Waals surface area contributed by atoms with Crippen molar-refractivity contribution in [3.8, 4) is 17.2 Å². The lowest BCUT2D eigenvalue weighted by Crippen LogP contribution is -2.26. The second-order valence-electron chi connectivity index (χ2n) is 6.60. The standard InChI is InChI=1S/C19H20N2O5/c1-10-17(11(2)20-18(10)19(23)21-12-3-4-12)14(22)8-24-13-5-6-15-16(7-13)26-9-25-15/h5-7,12,20H,3-4,8-9H2,1-2H3,(H,21,23). The van der Waals surface area contributed by atoms with E-state index in [1.807, 2.05) is 0 Å². The van der Waals surface area contributed by atoms with Crippen molar-refractivity contribution in [3.05, 3.63) is 40.7 Å². The molecule has 1 aromatic heterocycles. The van der Waals surface area contributed by atoms with Crippen molar-refractivity contribution in [1.82, 2.24) is 10.3 Å². The predicted molar refractivity (Wildman–Crippen MR) is 93.1 cm³/mol. The van der Waals surface area contributed by atoms with Crippen molar-refractivity contribution >= 4 is 11.7 Å². The first-order valence-electron chi connectivity index (χ1n) is 8.58. The Morgan fingerprint density at radius 2 is 2.00 bits per heavy atom. The highest BCUT2D eigenvalue weighted by molar-refractivity contribution is 6.04. The molecule has 2 heterocycles. The van der Waals surface area contributed by atoms with E-state index >= 15 is 0 Å². The van der Waals surface area contributed by atoms with Gasteiger partial charge in [-0.3, -0.25) is 9.59 Å². The molecule has 26 heavy (non-hydrogen) atoms. The third-order valence-electron chi connectivity index (χ3n) is 4.57. The molecule has 1 aliphatic heterocycles. The van der Waals surface area contributed by atoms with Crippen LogP contribution in [0.5, 0.6) is 17.2 Å². The molecule has 0 atom stereocenters. The summed E-state index contributed by atoms with van der Waals surface area (Å²) in [6.07, 6.45) is 2.03. The highest BCUT2D eigenvalue weighted by Crippen LogP contribution is 2.35. The van der Waals surface area contributed by atoms with Gasteiger partial charge in [0.15, 0.2) is 18.1 Å². The zero-order valence-electron chi connectivity index (χ0n) is 14.7. The van der Waals surface area contributed by atoms with Crippen LogP contribution in [0.4, 0.5) is 0 Å². The van der Waals surface area contributed by atoms with E-state index in [4.69, 9.17) is 14.2 Å². The molecule has 2 N–H and O–H groups in total. The third kappa shape index (κ3) is 3.12. The van der Waals surface area contributed by atoms with Gasteiger partial charge in [0.1, 0.15) is 11.4 Å². The van der Waals surface area contributed by atoms with Gasteiger partial charge in [0.2, 0.25) is 12.6 Å². The largest absolute Gasteiger partial charge is 0.485 e. The summed E-state index contributed by atoms with van der Waals surface area (Å²) in [6, 6.07) is 5.43. The molecule has 0 spiro atoms. The van der Waals surface area contributed by atoms with Crippen LogP contribution < -0.4 is 19.5 Å². The average molecular weight is 356 g/mol. The summed E-state index contributed by atoms with van der Waals surface area (Å²) in [5.74, 6) is 1.44. The summed E-state index contributed by atoms with van der Waals surface area (Å²) in [5, 5.41) is 2.93. The minimum Gasteiger partial charge on any atom is -0.485 e. The normalized spacial score (nSPS) is 15.0. The molecular weight excluding hydrogens is 336 g/mol. The second-order valence-corrected chi connectivity index (χ2v) is 6.60. The molecule has 2 aliphatic rings. The van der Waals surface area contributed by atoms with Gasteiger partial charge in [0.25, 0.3) is 5.91 Å². The number of rotatable bonds is 6. The topological polar surface area (TPSA) is 89.7 Å². The minimum absolute atomic E-state index is 0.122. The Bertz CT molecular complexity index is 882. The van der Waals surface area contributed by atoms with Crippen LogP contribution >= 0.6 is 0 Å². The molecule has 1 saturated carbocycles. The monoisotopic (exact) mass is 356 g/mol. The van der Waals surface area contributed by atoms with Gasteiger partial charge >= 0.3 is 0 Å². The molecular formula is C19H20N2O5. The third-order valence-corrected chi connectivity index (χ3v) is 4.57. The highest BCUT2D eigenvalue weighted by Gasteiger charge is 2.27. The number of aromatic amines is 1. The van der Waals surface area contributed by atoms with Crippen molar-refractivity contribution in [2.45, 2.75) is 32.7 Å². The molecule has 1 aliphatic carbocycles. The molecule has 0 bridgehead atoms. The zero-order chi connectivity index (χ0) is 18.3. The van der Waals surface area contributed by atoms with Gasteiger partial charge < -0.3 is 24.5 Å². The number of fused-ring (bicyclic) bond motifs is 1. The lowest BCUT2D eigenvalue weighted by molar-refractivity contribution is 0.0920. The molecule has 0 saturated heterocycles. The van der Waals surface area contributed by atoms with Gasteiger partial charge in [-0.05, 0) is 44.4 Å². The van der Waals surface area contributed by atoms with Gasteiger partial charge in [0, 0.05) is 23.4 Å². The Morgan fingerprint density at radius 3 is 2.77 bits per heavy atom. The van der Waals surface area contributed by atoms with Crippen LogP contribution in [-0.2, 0) is 0 Å². The van der Waals surface area contributed by atoms with Gasteiger partial charge in [-0.1, -0.05) is 0 Å². The fourth-order valence-corrected chi connectivity index (χ4v) is 3.07. The Balaban J connectivity index is 1.46. The van der Waals surface area contributed by atoms with Crippen molar-refractivity contribution in [2.24, 2.45) is 0 Å². The number of amides is 1. The van der Waals surface area contributed by atoms with E-state index in [1.54, 1.807) is 32.0 Å². The van der Waals surface area contributed by atoms with Crippen LogP contribution in [0.25, 0.3) is 0 Å². The predicted octanol–water partition coefficient (Wildman–Crippen LogP) is 2.51. The number of nitrogens with one attached hydrogen (secondary N) is 2. The number of carbonyl (C=O) groups is 2. The van der Waals surface area contributed by atoms with Crippen LogP contribution in [0.3, 0.4) is 0 Å². The number of H-pyrrole nitrogens is 1. The highest BCUT2D eigenvalue weighted by atomic mass is 16.7. The van der Waals surface area contributed by atoms with Crippen molar-refractivity contribution < 1.29 is 23.8 Å². The first-order valence-corrected chi connectivity index (χ1v) is 8.58. The van der Waals surface area contributed by atoms with E-state index in [0.717, 1.165) is 12.8 Å². The lowest BCUT2D eigenvalue weighted by Gasteiger charge is -2.07. The maximum Gasteiger partial charge on any atom is 0.268 e. The Morgan fingerprint density at radius 1 is 1.23 bits per heavy atom. The van der Waals surface area contributed by atoms with Crippen LogP contribution in [0.15, 0.2) is 18.2 Å². The summed E-state index contributed by atoms with van der Waals surface area (Å²) in [5.41, 5.74) is 2.27. The van der Waals surface area contributed by atoms with E-state index in [2.05, 4.69) is 10.3 Å². The number of aromatic nitrogens is 1. The van der Waals surface area contributed by atoms with Crippen molar-refractivity contribution in [2.75, 3.05) is 13.4 Å². The number of ketones is 1. The molecule has 0 unspecified atom stereocenters. The Hall–Kier alpha value is -2.96. The number of carbonyl (C=O) groups excluding carboxylic acids is 2. The summed E-state index contributed by atoms with van der Waals surface area (Å²) < 4.78 is 16.2. The summed E-state index contributed by atoms with van der Waals surface area (Å²) in [4.78, 5) is 27.9. The zero-order valence-corrected chi connectivity index (χ0v) is 14.7. The van der Waals surface area contributed by atoms with Crippen LogP contribution in [0.1, 0.15) is 44.9 Å². The average Bonchev–Trinajstić information content (AvgIpc) is 3.21. The van der Waals surface area contributed by atoms with Crippen molar-refractivity contribution in [1.29, 1.82) is 0 Å². The maximum atomic E-state index is 12.6. The summed E-state index contributed by atoms with van der Waals surface area (Å²) in [6.45, 7) is 3.63. The molecule has 0 radical (unpaired) electrons. The van der Waals surface area contributed by atoms with Crippen molar-refractivity contribution in [3.63, 3.8) is 0 Å². The van der Waals surface area contributed by atoms with Gasteiger partial charge in [-0.2, -0.15) is 0 Å². The van der Waals surface area contributed by atoms with Gasteiger partial charge in [-0.15, -0.1) is 0 Å². The first-order chi connectivity index (χ1) is 12.5. The van der Waals surface area contributed by atoms with E-state index in [0.29, 0.717) is 39.8 Å². The second kappa shape index (κ2) is 6.40. The number of hydrogen-bond donors (Lipinski definition) is 2. The van der Waals surface area contributed by atoms with E-state index in [9.17, 15) is 9.59 Å². The molecule has 7 heteroatoms. The lowest BCUT2D eigenvalue weighted by atomic mass is 10.1. The molecule has 1 amide bonds. The Labute approximate surface area is 150 Å². The smallest absolute Gasteiger partial charge is 0.268 e. The molecule has 1 fully saturated rings. The SMILES string of the molecule is Cc1[nH]c(C(=O)NC2CC2)c(C)c1C(=O)COc1ccc2c(c1)OCO2. The number of aryl methyl sites for hydroxylation is 1. The van der Waals surface area contributed by atoms with Crippen LogP contribution in [-0.4, -0.2) is 36.1 Å². The Kier molecular flexibility index (Phi) is 4.06. The molecule has 2 aromatic rings. The number of ether oxygens (including phenoxy) is 3. The minimum atomic E-state index is -0.181. The maximum absolute atomic E-state index is 12.6. The fourth-order valence-electron chi connectivity index (χ4n) is 3.07. The number of benzene rings is 1. The molecule has 1 aromatic carbocycles. The quantitative estimate of drug-likeness (QED) is 0.776. The van der Waals surface area contributed by atoms with E-state index in [-0.39, 0.29) is 31.1 Å². The van der Waals surface area contributed by atoms with Gasteiger partial charge in [-0.25, -0.2) is 0 Å². The van der Waals surface area contributed by atoms with Crippen LogP contribution in [0, 0.1) is 13.8 Å². The van der Waals surface area contributed by atoms with E-state index < -0.39 is 0 Å². The summed E-state index contributed by atoms with van der Waals surface area (Å²) >= 11 is 0. The number of Topliss-reactive ketones (excluding diaryl/α,β-unsaturated/α-hetero) is 1. The number of hydrogen-bond acceptors (Lipinski definition) is 5. The molecule has 4 rings (SSSR count). The van der Waals surface area contributed by atoms with E-state index in [1.165, 1.54) is 0 Å². The summed E-state index contributed by atoms with van der Waals surface area (Å²) in [7, 11) is 0.